The normalized spacial score (nSPS) is 44.8. The van der Waals surface area contributed by atoms with Crippen LogP contribution in [0.5, 0.6) is 0 Å². The van der Waals surface area contributed by atoms with Gasteiger partial charge in [-0.2, -0.15) is 15.0 Å². The second kappa shape index (κ2) is 7.60. The molecule has 4 aliphatic carbocycles. The number of carbonyl (C=O) groups is 1. The van der Waals surface area contributed by atoms with Gasteiger partial charge >= 0.3 is 0 Å². The van der Waals surface area contributed by atoms with Gasteiger partial charge < -0.3 is 11.5 Å². The van der Waals surface area contributed by atoms with Gasteiger partial charge in [-0.3, -0.25) is 4.79 Å². The van der Waals surface area contributed by atoms with Gasteiger partial charge in [0.25, 0.3) is 0 Å². The molecule has 9 atom stereocenters. The predicted octanol–water partition coefficient (Wildman–Crippen LogP) is 4.63. The average molecular weight is 464 g/mol. The Morgan fingerprint density at radius 1 is 0.971 bits per heavy atom. The zero-order valence-corrected chi connectivity index (χ0v) is 21.0. The summed E-state index contributed by atoms with van der Waals surface area (Å²) in [5, 5.41) is 9.23. The van der Waals surface area contributed by atoms with Gasteiger partial charge in [0.15, 0.2) is 5.78 Å². The molecule has 4 aliphatic rings. The summed E-state index contributed by atoms with van der Waals surface area (Å²) in [5.74, 6) is 2.43. The van der Waals surface area contributed by atoms with Gasteiger partial charge in [-0.05, 0) is 106 Å². The molecule has 0 radical (unpaired) electrons. The van der Waals surface area contributed by atoms with Crippen LogP contribution in [0.3, 0.4) is 0 Å². The predicted molar refractivity (Wildman–Crippen MR) is 134 cm³/mol. The van der Waals surface area contributed by atoms with Crippen molar-refractivity contribution in [2.75, 3.05) is 0 Å². The number of ketones is 1. The first-order valence-corrected chi connectivity index (χ1v) is 13.6. The molecule has 6 nitrogen and oxygen atoms in total. The lowest BCUT2D eigenvalue weighted by atomic mass is 9.43. The molecule has 0 spiro atoms. The van der Waals surface area contributed by atoms with Crippen LogP contribution < -0.4 is 11.5 Å². The fraction of sp³-hybridized carbons (Fsp3) is 0.750. The van der Waals surface area contributed by atoms with Crippen molar-refractivity contribution in [3.05, 3.63) is 24.3 Å². The number of hydrogen-bond donors (Lipinski definition) is 2. The highest BCUT2D eigenvalue weighted by Crippen LogP contribution is 2.66. The van der Waals surface area contributed by atoms with E-state index in [-0.39, 0.29) is 34.2 Å². The van der Waals surface area contributed by atoms with Crippen LogP contribution in [0.25, 0.3) is 11.0 Å². The van der Waals surface area contributed by atoms with Gasteiger partial charge in [-0.1, -0.05) is 26.0 Å². The third-order valence-corrected chi connectivity index (χ3v) is 11.1. The number of nitrogens with two attached hydrogens (primary N) is 2. The Hall–Kier alpha value is -1.79. The van der Waals surface area contributed by atoms with Crippen molar-refractivity contribution in [1.29, 1.82) is 0 Å². The highest BCUT2D eigenvalue weighted by molar-refractivity contribution is 5.86. The molecule has 34 heavy (non-hydrogen) atoms. The minimum absolute atomic E-state index is 0.0146. The Morgan fingerprint density at radius 2 is 1.65 bits per heavy atom. The maximum Gasteiger partial charge on any atom is 0.162 e. The van der Waals surface area contributed by atoms with Crippen LogP contribution in [-0.4, -0.2) is 31.9 Å². The van der Waals surface area contributed by atoms with Gasteiger partial charge in [0.2, 0.25) is 0 Å². The molecule has 6 rings (SSSR count). The van der Waals surface area contributed by atoms with Crippen molar-refractivity contribution in [2.24, 2.45) is 46.5 Å². The van der Waals surface area contributed by atoms with Crippen LogP contribution in [0.2, 0.25) is 0 Å². The van der Waals surface area contributed by atoms with Crippen molar-refractivity contribution in [3.8, 4) is 0 Å². The fourth-order valence-corrected chi connectivity index (χ4v) is 9.27. The first kappa shape index (κ1) is 22.7. The maximum atomic E-state index is 13.9. The summed E-state index contributed by atoms with van der Waals surface area (Å²) >= 11 is 0. The quantitative estimate of drug-likeness (QED) is 0.691. The molecule has 2 aromatic rings. The summed E-state index contributed by atoms with van der Waals surface area (Å²) in [7, 11) is 0. The number of Topliss-reactive ketones (excluding diaryl/α,β-unsaturated/α-hetero) is 1. The van der Waals surface area contributed by atoms with Crippen LogP contribution in [0, 0.1) is 35.0 Å². The zero-order chi connectivity index (χ0) is 23.9. The highest BCUT2D eigenvalue weighted by atomic mass is 16.1. The lowest BCUT2D eigenvalue weighted by Crippen LogP contribution is -2.73. The van der Waals surface area contributed by atoms with Crippen LogP contribution >= 0.6 is 0 Å². The number of fused-ring (bicyclic) bond motifs is 6. The van der Waals surface area contributed by atoms with Gasteiger partial charge in [-0.25, -0.2) is 0 Å². The summed E-state index contributed by atoms with van der Waals surface area (Å²) in [5.41, 5.74) is 16.0. The molecule has 184 valence electrons. The van der Waals surface area contributed by atoms with E-state index in [4.69, 9.17) is 11.5 Å². The van der Waals surface area contributed by atoms with Crippen LogP contribution in [0.4, 0.5) is 0 Å². The SMILES string of the molecule is C[C@H]1CC[C@@]2(N)C(CC[C@]3(N)C2CC[C@@]2(C)C3CC[C@@H]2C(=O)[C@@H](C)n2nc3ccccc3n2)C1. The van der Waals surface area contributed by atoms with Crippen LogP contribution in [0.15, 0.2) is 24.3 Å². The summed E-state index contributed by atoms with van der Waals surface area (Å²) in [6.07, 6.45) is 9.90. The Balaban J connectivity index is 1.27. The average Bonchev–Trinajstić information content (AvgIpc) is 3.40. The maximum absolute atomic E-state index is 13.9. The van der Waals surface area contributed by atoms with E-state index in [9.17, 15) is 4.79 Å². The summed E-state index contributed by atoms with van der Waals surface area (Å²) in [6.45, 7) is 6.70. The number of rotatable bonds is 3. The molecule has 0 bridgehead atoms. The van der Waals surface area contributed by atoms with Gasteiger partial charge in [0.05, 0.1) is 0 Å². The molecule has 0 amide bonds. The topological polar surface area (TPSA) is 99.8 Å². The number of carbonyl (C=O) groups excluding carboxylic acids is 1. The molecule has 4 N–H and O–H groups in total. The van der Waals surface area contributed by atoms with E-state index >= 15 is 0 Å². The molecule has 1 aromatic heterocycles. The monoisotopic (exact) mass is 463 g/mol. The first-order valence-electron chi connectivity index (χ1n) is 13.6. The largest absolute Gasteiger partial charge is 0.325 e. The molecule has 1 aromatic carbocycles. The van der Waals surface area contributed by atoms with Crippen molar-refractivity contribution in [3.63, 3.8) is 0 Å². The first-order chi connectivity index (χ1) is 16.2. The lowest BCUT2D eigenvalue weighted by Gasteiger charge is -2.65. The lowest BCUT2D eigenvalue weighted by molar-refractivity contribution is -0.136. The van der Waals surface area contributed by atoms with E-state index in [1.54, 1.807) is 4.80 Å². The molecule has 0 aliphatic heterocycles. The molecule has 1 heterocycles. The molecule has 6 heteroatoms. The highest BCUT2D eigenvalue weighted by Gasteiger charge is 2.66. The number of hydrogen-bond acceptors (Lipinski definition) is 5. The molecule has 4 fully saturated rings. The Labute approximate surface area is 203 Å². The second-order valence-corrected chi connectivity index (χ2v) is 12.7. The van der Waals surface area contributed by atoms with Crippen molar-refractivity contribution in [1.82, 2.24) is 15.0 Å². The third-order valence-electron chi connectivity index (χ3n) is 11.1. The van der Waals surface area contributed by atoms with Crippen molar-refractivity contribution in [2.45, 2.75) is 95.7 Å². The molecular weight excluding hydrogens is 422 g/mol. The number of benzene rings is 1. The third kappa shape index (κ3) is 3.03. The van der Waals surface area contributed by atoms with E-state index in [0.717, 1.165) is 61.9 Å². The Morgan fingerprint density at radius 3 is 2.35 bits per heavy atom. The minimum Gasteiger partial charge on any atom is -0.325 e. The van der Waals surface area contributed by atoms with E-state index in [2.05, 4.69) is 24.0 Å². The van der Waals surface area contributed by atoms with Gasteiger partial charge in [0, 0.05) is 17.0 Å². The van der Waals surface area contributed by atoms with Crippen LogP contribution in [0.1, 0.15) is 84.6 Å². The van der Waals surface area contributed by atoms with E-state index in [1.165, 1.54) is 12.8 Å². The fourth-order valence-electron chi connectivity index (χ4n) is 9.27. The summed E-state index contributed by atoms with van der Waals surface area (Å²) < 4.78 is 0. The molecule has 4 saturated carbocycles. The molecule has 0 saturated heterocycles. The number of aromatic nitrogens is 3. The number of nitrogens with zero attached hydrogens (tertiary/aromatic N) is 3. The second-order valence-electron chi connectivity index (χ2n) is 12.7. The van der Waals surface area contributed by atoms with E-state index in [1.807, 2.05) is 31.2 Å². The van der Waals surface area contributed by atoms with Gasteiger partial charge in [-0.15, -0.1) is 0 Å². The zero-order valence-electron chi connectivity index (χ0n) is 21.0. The smallest absolute Gasteiger partial charge is 0.162 e. The van der Waals surface area contributed by atoms with Gasteiger partial charge in [0.1, 0.15) is 17.1 Å². The van der Waals surface area contributed by atoms with Crippen molar-refractivity contribution >= 4 is 16.8 Å². The van der Waals surface area contributed by atoms with E-state index in [0.29, 0.717) is 17.8 Å². The Kier molecular flexibility index (Phi) is 5.07. The van der Waals surface area contributed by atoms with Crippen molar-refractivity contribution < 1.29 is 4.79 Å². The Bertz CT molecular complexity index is 1080. The standard InChI is InChI=1S/C28H41N5O/c1-17-10-14-27(29)19(16-17)11-15-28(30)23-9-8-20(26(23,3)13-12-24(27)28)25(34)18(2)33-31-21-6-4-5-7-22(21)32-33/h4-7,17-20,23-24H,8-16,29-30H2,1-3H3/t17-,18+,19?,20+,23?,24?,26+,27+,28+/m0/s1. The molecule has 3 unspecified atom stereocenters. The summed E-state index contributed by atoms with van der Waals surface area (Å²) in [6, 6.07) is 7.46. The van der Waals surface area contributed by atoms with E-state index < -0.39 is 0 Å². The minimum atomic E-state index is -0.365. The summed E-state index contributed by atoms with van der Waals surface area (Å²) in [4.78, 5) is 15.5. The molecular formula is C28H41N5O. The van der Waals surface area contributed by atoms with Crippen LogP contribution in [-0.2, 0) is 4.79 Å².